The highest BCUT2D eigenvalue weighted by molar-refractivity contribution is 6.55. The molecule has 0 amide bonds. The number of benzene rings is 1. The molecule has 0 saturated heterocycles. The van der Waals surface area contributed by atoms with Gasteiger partial charge in [0.05, 0.1) is 34.7 Å². The number of ether oxygens (including phenoxy) is 2. The van der Waals surface area contributed by atoms with E-state index in [9.17, 15) is 4.79 Å². The maximum absolute atomic E-state index is 11.1. The van der Waals surface area contributed by atoms with E-state index in [0.717, 1.165) is 0 Å². The lowest BCUT2D eigenvalue weighted by Crippen LogP contribution is -2.10. The van der Waals surface area contributed by atoms with Crippen molar-refractivity contribution in [3.05, 3.63) is 25.1 Å². The van der Waals surface area contributed by atoms with E-state index in [4.69, 9.17) is 67.5 Å². The molecule has 0 aliphatic carbocycles. The maximum atomic E-state index is 11.1. The van der Waals surface area contributed by atoms with E-state index in [2.05, 4.69) is 0 Å². The Morgan fingerprint density at radius 3 is 1.89 bits per heavy atom. The van der Waals surface area contributed by atoms with Crippen LogP contribution in [0, 0.1) is 0 Å². The van der Waals surface area contributed by atoms with Crippen LogP contribution in [0.2, 0.25) is 25.1 Å². The van der Waals surface area contributed by atoms with Crippen molar-refractivity contribution in [3.63, 3.8) is 0 Å². The van der Waals surface area contributed by atoms with Gasteiger partial charge in [0.1, 0.15) is 10.0 Å². The van der Waals surface area contributed by atoms with Gasteiger partial charge in [0, 0.05) is 0 Å². The lowest BCUT2D eigenvalue weighted by Gasteiger charge is -2.13. The largest absolute Gasteiger partial charge is 0.490 e. The number of hydrogen-bond acceptors (Lipinski definition) is 3. The predicted molar refractivity (Wildman–Crippen MR) is 78.2 cm³/mol. The first-order valence-electron chi connectivity index (χ1n) is 5.20. The van der Waals surface area contributed by atoms with Crippen molar-refractivity contribution in [2.24, 2.45) is 0 Å². The van der Waals surface area contributed by atoms with Gasteiger partial charge < -0.3 is 9.47 Å². The van der Waals surface area contributed by atoms with Gasteiger partial charge in [0.2, 0.25) is 0 Å². The molecule has 8 heteroatoms. The number of halogens is 5. The van der Waals surface area contributed by atoms with E-state index in [0.29, 0.717) is 6.61 Å². The molecule has 0 aliphatic rings. The van der Waals surface area contributed by atoms with Gasteiger partial charge >= 0.3 is 5.97 Å². The summed E-state index contributed by atoms with van der Waals surface area (Å²) in [6, 6.07) is 0. The molecule has 0 fully saturated rings. The molecule has 0 bridgehead atoms. The first-order valence-corrected chi connectivity index (χ1v) is 7.09. The summed E-state index contributed by atoms with van der Waals surface area (Å²) in [5.41, 5.74) is 0. The zero-order chi connectivity index (χ0) is 14.6. The number of hydrogen-bond donors (Lipinski definition) is 0. The van der Waals surface area contributed by atoms with Gasteiger partial charge in [-0.2, -0.15) is 0 Å². The van der Waals surface area contributed by atoms with Crippen LogP contribution >= 0.6 is 58.0 Å². The molecule has 1 aromatic carbocycles. The van der Waals surface area contributed by atoms with Gasteiger partial charge in [-0.05, 0) is 6.92 Å². The van der Waals surface area contributed by atoms with Gasteiger partial charge in [-0.15, -0.1) is 0 Å². The number of esters is 1. The molecule has 0 aromatic heterocycles. The van der Waals surface area contributed by atoms with Gasteiger partial charge in [-0.25, -0.2) is 0 Å². The Labute approximate surface area is 135 Å². The van der Waals surface area contributed by atoms with E-state index in [1.54, 1.807) is 6.92 Å². The van der Waals surface area contributed by atoms with Gasteiger partial charge in [0.25, 0.3) is 0 Å². The van der Waals surface area contributed by atoms with Gasteiger partial charge in [0.15, 0.2) is 5.75 Å². The predicted octanol–water partition coefficient (Wildman–Crippen LogP) is 5.29. The fourth-order valence-corrected chi connectivity index (χ4v) is 2.41. The second-order valence-corrected chi connectivity index (χ2v) is 5.19. The maximum Gasteiger partial charge on any atom is 0.309 e. The monoisotopic (exact) mass is 364 g/mol. The van der Waals surface area contributed by atoms with E-state index in [1.807, 2.05) is 0 Å². The van der Waals surface area contributed by atoms with Crippen molar-refractivity contribution in [2.45, 2.75) is 13.3 Å². The summed E-state index contributed by atoms with van der Waals surface area (Å²) in [6.07, 6.45) is 0.0539. The van der Waals surface area contributed by atoms with Crippen LogP contribution in [0.25, 0.3) is 0 Å². The van der Waals surface area contributed by atoms with Gasteiger partial charge in [-0.3, -0.25) is 4.79 Å². The van der Waals surface area contributed by atoms with Crippen LogP contribution in [-0.4, -0.2) is 19.2 Å². The smallest absolute Gasteiger partial charge is 0.309 e. The van der Waals surface area contributed by atoms with Crippen LogP contribution in [0.4, 0.5) is 0 Å². The minimum atomic E-state index is -0.388. The quantitative estimate of drug-likeness (QED) is 0.404. The average Bonchev–Trinajstić information content (AvgIpc) is 2.38. The molecule has 1 rings (SSSR count). The van der Waals surface area contributed by atoms with E-state index in [1.165, 1.54) is 0 Å². The van der Waals surface area contributed by atoms with Crippen LogP contribution in [0.3, 0.4) is 0 Å². The van der Waals surface area contributed by atoms with Crippen molar-refractivity contribution in [1.29, 1.82) is 0 Å². The molecule has 0 atom stereocenters. The van der Waals surface area contributed by atoms with Crippen LogP contribution in [0.5, 0.6) is 5.75 Å². The standard InChI is InChI=1S/C11H9Cl5O3/c1-2-18-5(17)3-4-19-11-9(15)7(13)6(12)8(14)10(11)16/h2-4H2,1H3. The Morgan fingerprint density at radius 1 is 0.947 bits per heavy atom. The normalized spacial score (nSPS) is 10.4. The third-order valence-corrected chi connectivity index (χ3v) is 4.27. The summed E-state index contributed by atoms with van der Waals surface area (Å²) < 4.78 is 10.1. The Hall–Kier alpha value is -0.0600. The first-order chi connectivity index (χ1) is 8.90. The van der Waals surface area contributed by atoms with E-state index < -0.39 is 0 Å². The summed E-state index contributed by atoms with van der Waals surface area (Å²) in [5, 5.41) is 0.235. The fraction of sp³-hybridized carbons (Fsp3) is 0.364. The average molecular weight is 366 g/mol. The van der Waals surface area contributed by atoms with E-state index in [-0.39, 0.29) is 49.9 Å². The summed E-state index contributed by atoms with van der Waals surface area (Å²) in [7, 11) is 0. The Kier molecular flexibility index (Phi) is 6.84. The Bertz CT molecular complexity index is 461. The highest BCUT2D eigenvalue weighted by Gasteiger charge is 2.20. The van der Waals surface area contributed by atoms with Crippen LogP contribution in [0.15, 0.2) is 0 Å². The molecule has 0 radical (unpaired) electrons. The van der Waals surface area contributed by atoms with Crippen LogP contribution in [0.1, 0.15) is 13.3 Å². The summed E-state index contributed by atoms with van der Waals surface area (Å²) >= 11 is 29.5. The van der Waals surface area contributed by atoms with Crippen LogP contribution in [-0.2, 0) is 9.53 Å². The van der Waals surface area contributed by atoms with E-state index >= 15 is 0 Å². The molecule has 0 aliphatic heterocycles. The topological polar surface area (TPSA) is 35.5 Å². The molecule has 0 heterocycles. The molecular formula is C11H9Cl5O3. The van der Waals surface area contributed by atoms with Crippen molar-refractivity contribution < 1.29 is 14.3 Å². The zero-order valence-electron chi connectivity index (χ0n) is 9.74. The third-order valence-electron chi connectivity index (χ3n) is 2.03. The number of rotatable bonds is 5. The number of carbonyl (C=O) groups is 1. The molecule has 1 aromatic rings. The number of carbonyl (C=O) groups excluding carboxylic acids is 1. The fourth-order valence-electron chi connectivity index (χ4n) is 1.18. The molecule has 0 N–H and O–H groups in total. The summed E-state index contributed by atoms with van der Waals surface area (Å²) in [6.45, 7) is 2.05. The van der Waals surface area contributed by atoms with Crippen molar-refractivity contribution >= 4 is 64.0 Å². The van der Waals surface area contributed by atoms with Crippen molar-refractivity contribution in [3.8, 4) is 5.75 Å². The second-order valence-electron chi connectivity index (χ2n) is 3.30. The third kappa shape index (κ3) is 4.20. The summed E-state index contributed by atoms with van der Waals surface area (Å²) in [4.78, 5) is 11.1. The van der Waals surface area contributed by atoms with Gasteiger partial charge in [-0.1, -0.05) is 58.0 Å². The summed E-state index contributed by atoms with van der Waals surface area (Å²) in [5.74, 6) is -0.298. The molecule has 3 nitrogen and oxygen atoms in total. The Balaban J connectivity index is 2.82. The second kappa shape index (κ2) is 7.65. The minimum absolute atomic E-state index is 0.0343. The minimum Gasteiger partial charge on any atom is -0.490 e. The molecule has 0 saturated carbocycles. The highest BCUT2D eigenvalue weighted by atomic mass is 35.5. The van der Waals surface area contributed by atoms with Crippen molar-refractivity contribution in [1.82, 2.24) is 0 Å². The Morgan fingerprint density at radius 2 is 1.42 bits per heavy atom. The SMILES string of the molecule is CCOC(=O)CCOc1c(Cl)c(Cl)c(Cl)c(Cl)c1Cl. The van der Waals surface area contributed by atoms with Crippen LogP contribution < -0.4 is 4.74 Å². The van der Waals surface area contributed by atoms with Crippen molar-refractivity contribution in [2.75, 3.05) is 13.2 Å². The zero-order valence-corrected chi connectivity index (χ0v) is 13.5. The first kappa shape index (κ1) is 17.0. The lowest BCUT2D eigenvalue weighted by molar-refractivity contribution is -0.143. The molecule has 0 spiro atoms. The molecular weight excluding hydrogens is 357 g/mol. The molecule has 0 unspecified atom stereocenters. The molecule has 106 valence electrons. The highest BCUT2D eigenvalue weighted by Crippen LogP contribution is 2.48. The molecule has 19 heavy (non-hydrogen) atoms. The lowest BCUT2D eigenvalue weighted by atomic mass is 10.3.